The first-order valence-corrected chi connectivity index (χ1v) is 5.83. The van der Waals surface area contributed by atoms with Crippen LogP contribution in [0.4, 0.5) is 0 Å². The molecule has 1 aromatic rings. The van der Waals surface area contributed by atoms with E-state index in [4.69, 9.17) is 0 Å². The van der Waals surface area contributed by atoms with Gasteiger partial charge in [-0.2, -0.15) is 0 Å². The quantitative estimate of drug-likeness (QED) is 0.684. The maximum absolute atomic E-state index is 3.60. The van der Waals surface area contributed by atoms with Gasteiger partial charge < -0.3 is 0 Å². The Bertz CT molecular complexity index is 274. The van der Waals surface area contributed by atoms with Crippen LogP contribution in [0.15, 0.2) is 22.7 Å². The lowest BCUT2D eigenvalue weighted by Gasteiger charge is -2.22. The van der Waals surface area contributed by atoms with Crippen molar-refractivity contribution in [3.8, 4) is 0 Å². The van der Waals surface area contributed by atoms with E-state index in [0.717, 1.165) is 5.92 Å². The van der Waals surface area contributed by atoms with E-state index in [1.807, 2.05) is 12.1 Å². The van der Waals surface area contributed by atoms with Crippen LogP contribution in [-0.2, 0) is 0 Å². The lowest BCUT2D eigenvalue weighted by atomic mass is 9.84. The van der Waals surface area contributed by atoms with Crippen LogP contribution >= 0.6 is 15.9 Å². The molecule has 0 spiro atoms. The summed E-state index contributed by atoms with van der Waals surface area (Å²) < 4.78 is 1.24. The molecule has 0 unspecified atom stereocenters. The molecule has 0 N–H and O–H groups in total. The standard InChI is InChI=1S/C12H14Br/c13-12-9-5-4-8-11(12)10-6-2-1-3-7-10/h4,8-10H,1-3,6-7H2. The molecule has 1 aromatic carbocycles. The number of benzene rings is 1. The molecule has 2 rings (SSSR count). The Morgan fingerprint density at radius 2 is 2.00 bits per heavy atom. The largest absolute Gasteiger partial charge is 0.0570 e. The Morgan fingerprint density at radius 1 is 1.23 bits per heavy atom. The average Bonchev–Trinajstić information content (AvgIpc) is 2.20. The molecule has 69 valence electrons. The van der Waals surface area contributed by atoms with Crippen molar-refractivity contribution in [1.29, 1.82) is 0 Å². The Hall–Kier alpha value is -0.300. The molecule has 13 heavy (non-hydrogen) atoms. The normalized spacial score (nSPS) is 18.8. The zero-order valence-electron chi connectivity index (χ0n) is 7.72. The van der Waals surface area contributed by atoms with E-state index < -0.39 is 0 Å². The molecule has 0 heterocycles. The van der Waals surface area contributed by atoms with Gasteiger partial charge in [-0.25, -0.2) is 0 Å². The second-order valence-corrected chi connectivity index (χ2v) is 4.64. The smallest absolute Gasteiger partial charge is 0.0216 e. The van der Waals surface area contributed by atoms with Gasteiger partial charge in [0.05, 0.1) is 0 Å². The Balaban J connectivity index is 2.18. The minimum absolute atomic E-state index is 0.790. The Kier molecular flexibility index (Phi) is 3.05. The number of hydrogen-bond donors (Lipinski definition) is 0. The first-order chi connectivity index (χ1) is 6.38. The molecule has 0 atom stereocenters. The average molecular weight is 238 g/mol. The van der Waals surface area contributed by atoms with Crippen molar-refractivity contribution in [2.24, 2.45) is 0 Å². The van der Waals surface area contributed by atoms with Crippen LogP contribution in [0.5, 0.6) is 0 Å². The van der Waals surface area contributed by atoms with Crippen LogP contribution in [0.3, 0.4) is 0 Å². The van der Waals surface area contributed by atoms with Gasteiger partial charge in [0, 0.05) is 4.47 Å². The number of halogens is 1. The van der Waals surface area contributed by atoms with Crippen molar-refractivity contribution in [2.45, 2.75) is 38.0 Å². The minimum atomic E-state index is 0.790. The molecule has 0 bridgehead atoms. The highest BCUT2D eigenvalue weighted by Gasteiger charge is 2.16. The summed E-state index contributed by atoms with van der Waals surface area (Å²) in [5.41, 5.74) is 1.48. The van der Waals surface area contributed by atoms with E-state index in [2.05, 4.69) is 28.1 Å². The Labute approximate surface area is 88.5 Å². The third-order valence-electron chi connectivity index (χ3n) is 2.89. The highest BCUT2D eigenvalue weighted by atomic mass is 79.9. The monoisotopic (exact) mass is 237 g/mol. The summed E-state index contributed by atoms with van der Waals surface area (Å²) in [4.78, 5) is 0. The van der Waals surface area contributed by atoms with Gasteiger partial charge in [-0.3, -0.25) is 0 Å². The first kappa shape index (κ1) is 9.26. The van der Waals surface area contributed by atoms with Crippen molar-refractivity contribution in [3.63, 3.8) is 0 Å². The molecule has 1 radical (unpaired) electrons. The predicted molar refractivity (Wildman–Crippen MR) is 58.8 cm³/mol. The third kappa shape index (κ3) is 2.14. The van der Waals surface area contributed by atoms with Crippen LogP contribution in [-0.4, -0.2) is 0 Å². The van der Waals surface area contributed by atoms with Crippen LogP contribution < -0.4 is 0 Å². The SMILES string of the molecule is Brc1c[c]ccc1C1CCCCC1. The molecular formula is C12H14Br. The van der Waals surface area contributed by atoms with Gasteiger partial charge in [0.15, 0.2) is 0 Å². The third-order valence-corrected chi connectivity index (χ3v) is 3.58. The van der Waals surface area contributed by atoms with Crippen molar-refractivity contribution >= 4 is 15.9 Å². The van der Waals surface area contributed by atoms with E-state index >= 15 is 0 Å². The summed E-state index contributed by atoms with van der Waals surface area (Å²) in [6, 6.07) is 9.36. The van der Waals surface area contributed by atoms with E-state index in [1.54, 1.807) is 0 Å². The molecule has 1 aliphatic rings. The summed E-state index contributed by atoms with van der Waals surface area (Å²) in [6.45, 7) is 0. The first-order valence-electron chi connectivity index (χ1n) is 5.03. The van der Waals surface area contributed by atoms with Crippen LogP contribution in [0, 0.1) is 6.07 Å². The van der Waals surface area contributed by atoms with Gasteiger partial charge in [0.25, 0.3) is 0 Å². The van der Waals surface area contributed by atoms with Gasteiger partial charge in [0.2, 0.25) is 0 Å². The molecule has 0 nitrogen and oxygen atoms in total. The number of hydrogen-bond acceptors (Lipinski definition) is 0. The van der Waals surface area contributed by atoms with Gasteiger partial charge in [-0.05, 0) is 36.5 Å². The van der Waals surface area contributed by atoms with Crippen molar-refractivity contribution < 1.29 is 0 Å². The molecule has 1 heteroatoms. The zero-order valence-corrected chi connectivity index (χ0v) is 9.31. The fourth-order valence-corrected chi connectivity index (χ4v) is 2.75. The van der Waals surface area contributed by atoms with E-state index in [-0.39, 0.29) is 0 Å². The second kappa shape index (κ2) is 4.28. The molecule has 1 saturated carbocycles. The molecule has 0 saturated heterocycles. The summed E-state index contributed by atoms with van der Waals surface area (Å²) >= 11 is 3.60. The van der Waals surface area contributed by atoms with Crippen LogP contribution in [0.25, 0.3) is 0 Å². The fourth-order valence-electron chi connectivity index (χ4n) is 2.17. The van der Waals surface area contributed by atoms with E-state index in [9.17, 15) is 0 Å². The molecular weight excluding hydrogens is 224 g/mol. The van der Waals surface area contributed by atoms with Crippen LogP contribution in [0.1, 0.15) is 43.6 Å². The molecule has 1 aliphatic carbocycles. The topological polar surface area (TPSA) is 0 Å². The Morgan fingerprint density at radius 3 is 2.69 bits per heavy atom. The number of rotatable bonds is 1. The second-order valence-electron chi connectivity index (χ2n) is 3.78. The fraction of sp³-hybridized carbons (Fsp3) is 0.500. The summed E-state index contributed by atoms with van der Waals surface area (Å²) in [6.07, 6.45) is 6.95. The highest BCUT2D eigenvalue weighted by molar-refractivity contribution is 9.10. The predicted octanol–water partition coefficient (Wildman–Crippen LogP) is 4.30. The van der Waals surface area contributed by atoms with Gasteiger partial charge in [-0.1, -0.05) is 47.3 Å². The van der Waals surface area contributed by atoms with Gasteiger partial charge in [-0.15, -0.1) is 0 Å². The van der Waals surface area contributed by atoms with Gasteiger partial charge in [0.1, 0.15) is 0 Å². The van der Waals surface area contributed by atoms with Crippen molar-refractivity contribution in [3.05, 3.63) is 34.3 Å². The molecule has 0 aromatic heterocycles. The molecule has 1 fully saturated rings. The highest BCUT2D eigenvalue weighted by Crippen LogP contribution is 2.35. The molecule has 0 aliphatic heterocycles. The van der Waals surface area contributed by atoms with Gasteiger partial charge >= 0.3 is 0 Å². The van der Waals surface area contributed by atoms with Crippen molar-refractivity contribution in [2.75, 3.05) is 0 Å². The minimum Gasteiger partial charge on any atom is -0.0570 e. The van der Waals surface area contributed by atoms with Crippen molar-refractivity contribution in [1.82, 2.24) is 0 Å². The van der Waals surface area contributed by atoms with E-state index in [1.165, 1.54) is 42.1 Å². The lowest BCUT2D eigenvalue weighted by molar-refractivity contribution is 0.442. The lowest BCUT2D eigenvalue weighted by Crippen LogP contribution is -2.04. The van der Waals surface area contributed by atoms with E-state index in [0.29, 0.717) is 0 Å². The summed E-state index contributed by atoms with van der Waals surface area (Å²) in [7, 11) is 0. The molecule has 0 amide bonds. The van der Waals surface area contributed by atoms with Crippen LogP contribution in [0.2, 0.25) is 0 Å². The summed E-state index contributed by atoms with van der Waals surface area (Å²) in [5.74, 6) is 0.790. The summed E-state index contributed by atoms with van der Waals surface area (Å²) in [5, 5.41) is 0. The maximum Gasteiger partial charge on any atom is 0.0216 e. The maximum atomic E-state index is 3.60. The zero-order chi connectivity index (χ0) is 9.10.